The van der Waals surface area contributed by atoms with Crippen LogP contribution in [0.15, 0.2) is 0 Å². The Kier molecular flexibility index (Phi) is 3.39. The molecule has 0 spiro atoms. The van der Waals surface area contributed by atoms with Gasteiger partial charge in [-0.3, -0.25) is 0 Å². The van der Waals surface area contributed by atoms with Gasteiger partial charge in [-0.25, -0.2) is 0 Å². The lowest BCUT2D eigenvalue weighted by Crippen LogP contribution is -2.35. The first-order chi connectivity index (χ1) is 5.91. The second kappa shape index (κ2) is 4.00. The summed E-state index contributed by atoms with van der Waals surface area (Å²) in [6.07, 6.45) is 2.70. The summed E-state index contributed by atoms with van der Waals surface area (Å²) in [6.45, 7) is 13.0. The van der Waals surface area contributed by atoms with Crippen LogP contribution in [0.5, 0.6) is 0 Å². The van der Waals surface area contributed by atoms with Crippen molar-refractivity contribution in [2.45, 2.75) is 53.5 Å². The van der Waals surface area contributed by atoms with Crippen LogP contribution in [-0.2, 0) is 0 Å². The van der Waals surface area contributed by atoms with Crippen LogP contribution < -0.4 is 5.32 Å². The lowest BCUT2D eigenvalue weighted by molar-refractivity contribution is 0.201. The molecule has 2 unspecified atom stereocenters. The van der Waals surface area contributed by atoms with E-state index in [0.29, 0.717) is 5.41 Å². The molecule has 1 aliphatic rings. The molecule has 0 aliphatic carbocycles. The molecule has 1 saturated heterocycles. The number of nitrogens with one attached hydrogen (secondary N) is 1. The highest BCUT2D eigenvalue weighted by atomic mass is 15.0. The predicted molar refractivity (Wildman–Crippen MR) is 58.8 cm³/mol. The zero-order valence-corrected chi connectivity index (χ0v) is 9.85. The van der Waals surface area contributed by atoms with Crippen molar-refractivity contribution in [1.29, 1.82) is 0 Å². The molecular weight excluding hydrogens is 158 g/mol. The molecule has 0 aromatic carbocycles. The summed E-state index contributed by atoms with van der Waals surface area (Å²) in [5.74, 6) is 1.69. The third kappa shape index (κ3) is 2.98. The van der Waals surface area contributed by atoms with Gasteiger partial charge in [0.1, 0.15) is 0 Å². The third-order valence-corrected chi connectivity index (χ3v) is 3.19. The molecule has 1 heteroatoms. The summed E-state index contributed by atoms with van der Waals surface area (Å²) in [6, 6.07) is 0.764. The molecule has 1 aliphatic heterocycles. The summed E-state index contributed by atoms with van der Waals surface area (Å²) < 4.78 is 0. The van der Waals surface area contributed by atoms with E-state index < -0.39 is 0 Å². The molecule has 13 heavy (non-hydrogen) atoms. The minimum Gasteiger partial charge on any atom is -0.314 e. The van der Waals surface area contributed by atoms with Crippen molar-refractivity contribution >= 4 is 0 Å². The SMILES string of the molecule is CC(C)CC1NCCC1C(C)(C)C. The quantitative estimate of drug-likeness (QED) is 0.694. The second-order valence-electron chi connectivity index (χ2n) is 5.95. The molecule has 1 fully saturated rings. The highest BCUT2D eigenvalue weighted by Gasteiger charge is 2.35. The second-order valence-corrected chi connectivity index (χ2v) is 5.95. The van der Waals surface area contributed by atoms with Gasteiger partial charge in [0.2, 0.25) is 0 Å². The maximum Gasteiger partial charge on any atom is 0.0103 e. The van der Waals surface area contributed by atoms with Crippen LogP contribution in [0.3, 0.4) is 0 Å². The monoisotopic (exact) mass is 183 g/mol. The van der Waals surface area contributed by atoms with Crippen molar-refractivity contribution in [3.8, 4) is 0 Å². The lowest BCUT2D eigenvalue weighted by atomic mass is 9.74. The van der Waals surface area contributed by atoms with Crippen LogP contribution in [0, 0.1) is 17.3 Å². The first kappa shape index (κ1) is 11.0. The summed E-state index contributed by atoms with van der Waals surface area (Å²) in [7, 11) is 0. The van der Waals surface area contributed by atoms with E-state index >= 15 is 0 Å². The molecule has 1 N–H and O–H groups in total. The number of rotatable bonds is 2. The molecule has 2 atom stereocenters. The standard InChI is InChI=1S/C12H25N/c1-9(2)8-11-10(6-7-13-11)12(3,4)5/h9-11,13H,6-8H2,1-5H3. The Morgan fingerprint density at radius 1 is 1.31 bits per heavy atom. The zero-order valence-electron chi connectivity index (χ0n) is 9.85. The van der Waals surface area contributed by atoms with Gasteiger partial charge in [0.25, 0.3) is 0 Å². The zero-order chi connectivity index (χ0) is 10.1. The topological polar surface area (TPSA) is 12.0 Å². The Labute approximate surface area is 83.3 Å². The minimum absolute atomic E-state index is 0.475. The van der Waals surface area contributed by atoms with E-state index in [1.165, 1.54) is 19.4 Å². The Bertz CT molecular complexity index is 155. The van der Waals surface area contributed by atoms with E-state index in [2.05, 4.69) is 39.9 Å². The summed E-state index contributed by atoms with van der Waals surface area (Å²) in [4.78, 5) is 0. The van der Waals surface area contributed by atoms with Crippen molar-refractivity contribution in [2.75, 3.05) is 6.54 Å². The predicted octanol–water partition coefficient (Wildman–Crippen LogP) is 3.06. The average Bonchev–Trinajstić information content (AvgIpc) is 2.31. The summed E-state index contributed by atoms with van der Waals surface area (Å²) in [5, 5.41) is 3.64. The van der Waals surface area contributed by atoms with Crippen molar-refractivity contribution in [3.63, 3.8) is 0 Å². The molecule has 1 nitrogen and oxygen atoms in total. The van der Waals surface area contributed by atoms with E-state index in [0.717, 1.165) is 17.9 Å². The van der Waals surface area contributed by atoms with Gasteiger partial charge < -0.3 is 5.32 Å². The third-order valence-electron chi connectivity index (χ3n) is 3.19. The van der Waals surface area contributed by atoms with E-state index in [-0.39, 0.29) is 0 Å². The molecule has 0 amide bonds. The molecule has 0 aromatic rings. The molecule has 0 bridgehead atoms. The van der Waals surface area contributed by atoms with E-state index in [1.54, 1.807) is 0 Å². The van der Waals surface area contributed by atoms with Crippen LogP contribution in [0.1, 0.15) is 47.5 Å². The van der Waals surface area contributed by atoms with Crippen molar-refractivity contribution in [3.05, 3.63) is 0 Å². The van der Waals surface area contributed by atoms with Crippen LogP contribution in [0.2, 0.25) is 0 Å². The van der Waals surface area contributed by atoms with E-state index in [1.807, 2.05) is 0 Å². The summed E-state index contributed by atoms with van der Waals surface area (Å²) >= 11 is 0. The van der Waals surface area contributed by atoms with Crippen molar-refractivity contribution in [2.24, 2.45) is 17.3 Å². The van der Waals surface area contributed by atoms with Crippen molar-refractivity contribution < 1.29 is 0 Å². The average molecular weight is 183 g/mol. The fourth-order valence-corrected chi connectivity index (χ4v) is 2.56. The minimum atomic E-state index is 0.475. The van der Waals surface area contributed by atoms with Crippen LogP contribution in [0.4, 0.5) is 0 Å². The normalized spacial score (nSPS) is 30.0. The molecule has 0 radical (unpaired) electrons. The Morgan fingerprint density at radius 2 is 1.92 bits per heavy atom. The maximum atomic E-state index is 3.64. The van der Waals surface area contributed by atoms with Gasteiger partial charge in [-0.15, -0.1) is 0 Å². The fraction of sp³-hybridized carbons (Fsp3) is 1.00. The number of hydrogen-bond donors (Lipinski definition) is 1. The molecule has 1 heterocycles. The first-order valence-corrected chi connectivity index (χ1v) is 5.64. The van der Waals surface area contributed by atoms with Crippen LogP contribution in [-0.4, -0.2) is 12.6 Å². The first-order valence-electron chi connectivity index (χ1n) is 5.64. The van der Waals surface area contributed by atoms with Crippen molar-refractivity contribution in [1.82, 2.24) is 5.32 Å². The Morgan fingerprint density at radius 3 is 2.38 bits per heavy atom. The fourth-order valence-electron chi connectivity index (χ4n) is 2.56. The van der Waals surface area contributed by atoms with Crippen LogP contribution in [0.25, 0.3) is 0 Å². The smallest absolute Gasteiger partial charge is 0.0103 e. The van der Waals surface area contributed by atoms with Gasteiger partial charge in [-0.2, -0.15) is 0 Å². The number of hydrogen-bond acceptors (Lipinski definition) is 1. The van der Waals surface area contributed by atoms with Gasteiger partial charge in [0.05, 0.1) is 0 Å². The van der Waals surface area contributed by atoms with Gasteiger partial charge in [0.15, 0.2) is 0 Å². The van der Waals surface area contributed by atoms with Gasteiger partial charge in [-0.1, -0.05) is 34.6 Å². The molecule has 1 rings (SSSR count). The van der Waals surface area contributed by atoms with Gasteiger partial charge in [0, 0.05) is 6.04 Å². The molecule has 0 saturated carbocycles. The molecule has 0 aromatic heterocycles. The molecule has 78 valence electrons. The largest absolute Gasteiger partial charge is 0.314 e. The van der Waals surface area contributed by atoms with Gasteiger partial charge >= 0.3 is 0 Å². The van der Waals surface area contributed by atoms with E-state index in [4.69, 9.17) is 0 Å². The Hall–Kier alpha value is -0.0400. The highest BCUT2D eigenvalue weighted by molar-refractivity contribution is 4.90. The van der Waals surface area contributed by atoms with Crippen LogP contribution >= 0.6 is 0 Å². The Balaban J connectivity index is 2.54. The lowest BCUT2D eigenvalue weighted by Gasteiger charge is -2.32. The summed E-state index contributed by atoms with van der Waals surface area (Å²) in [5.41, 5.74) is 0.475. The van der Waals surface area contributed by atoms with Gasteiger partial charge in [-0.05, 0) is 36.6 Å². The highest BCUT2D eigenvalue weighted by Crippen LogP contribution is 2.36. The maximum absolute atomic E-state index is 3.64. The van der Waals surface area contributed by atoms with E-state index in [9.17, 15) is 0 Å². The molecular formula is C12H25N.